The molecule has 0 aliphatic rings. The molecule has 0 spiro atoms. The number of nitrogen functional groups attached to an aromatic ring is 5. The summed E-state index contributed by atoms with van der Waals surface area (Å²) in [4.78, 5) is 59.4. The first-order valence-electron chi connectivity index (χ1n) is 39.2. The molecular weight excluding hydrogens is 1930 g/mol. The fraction of sp³-hybridized carbons (Fsp3) is 0.109. The van der Waals surface area contributed by atoms with Crippen molar-refractivity contribution in [3.05, 3.63) is 301 Å². The Labute approximate surface area is 771 Å². The molecule has 0 aliphatic carbocycles. The summed E-state index contributed by atoms with van der Waals surface area (Å²) in [5.41, 5.74) is 40.5. The van der Waals surface area contributed by atoms with E-state index in [9.17, 15) is 9.59 Å². The molecular formula is C92H81Br2N21O16Sn. The van der Waals surface area contributed by atoms with Gasteiger partial charge in [-0.25, -0.2) is 15.0 Å². The third-order valence-corrected chi connectivity index (χ3v) is 23.3. The Morgan fingerprint density at radius 2 is 0.841 bits per heavy atom. The van der Waals surface area contributed by atoms with Crippen LogP contribution in [0.15, 0.2) is 269 Å². The molecule has 0 aliphatic heterocycles. The third-order valence-electron chi connectivity index (χ3n) is 17.5. The number of nitrogens with two attached hydrogens (primary N) is 6. The van der Waals surface area contributed by atoms with E-state index >= 15 is 0 Å². The van der Waals surface area contributed by atoms with Gasteiger partial charge in [-0.15, -0.1) is 0 Å². The molecule has 18 aromatic rings. The number of aromatic amines is 3. The minimum absolute atomic E-state index is 0.00238. The average molecular weight is 2020 g/mol. The zero-order valence-corrected chi connectivity index (χ0v) is 77.1. The van der Waals surface area contributed by atoms with E-state index in [1.165, 1.54) is 0 Å². The topological polar surface area (TPSA) is 604 Å². The van der Waals surface area contributed by atoms with Crippen LogP contribution in [0.5, 0.6) is 0 Å². The van der Waals surface area contributed by atoms with Crippen LogP contribution in [0.25, 0.3) is 128 Å². The zero-order valence-electron chi connectivity index (χ0n) is 71.1. The van der Waals surface area contributed by atoms with Crippen molar-refractivity contribution in [3.63, 3.8) is 0 Å². The Kier molecular flexibility index (Phi) is 33.9. The van der Waals surface area contributed by atoms with Crippen molar-refractivity contribution in [3.8, 4) is 93.0 Å². The number of H-pyrrole nitrogens is 3. The molecule has 37 nitrogen and oxygen atoms in total. The molecule has 14 aromatic heterocycles. The number of oxime groups is 1. The van der Waals surface area contributed by atoms with Crippen LogP contribution in [-0.2, 0) is 9.47 Å². The van der Waals surface area contributed by atoms with Crippen LogP contribution in [0.1, 0.15) is 94.6 Å². The predicted octanol–water partition coefficient (Wildman–Crippen LogP) is 21.6. The SMILES string of the molecule is CC.CCOC(OCC)c1cc[c]([Sn]([CH3])([CH3])[CH3])o1.N#Cc1ccc(N)c(N)c1.N=C(N)c1ccc(-c2ccc(-c3nc4ccc(/C(N)=N/O)cc4[nH]3)o2)o1.N=C(N)c1ccc2nc(-c3ccc(-c4ccc(C(=N)N)o4)o3)[nH]c2c1.O=Cc1ccc(Br)o1.[C-]#[N+]c1ccc(-c2ccc(-c3nc4ccc(C#N)cc4[nH]3)o2)o1.[C-]#[N+]c1ccc(-c2ccc(C=O)o2)o1.[C-]#[N+]c1ccc(Br)o1. The number of carbonyl (C=O) groups excluding carboxylic acids is 2. The minimum atomic E-state index is -2.10. The number of benzene rings is 4. The number of imidazole rings is 3. The van der Waals surface area contributed by atoms with Crippen LogP contribution in [0.2, 0.25) is 14.8 Å². The maximum atomic E-state index is 10.3. The quantitative estimate of drug-likeness (QED) is 0.00411. The summed E-state index contributed by atoms with van der Waals surface area (Å²) in [5, 5.41) is 51.4. The van der Waals surface area contributed by atoms with Gasteiger partial charge in [-0.3, -0.25) is 25.8 Å². The molecule has 0 unspecified atom stereocenters. The second-order valence-electron chi connectivity index (χ2n) is 27.5. The summed E-state index contributed by atoms with van der Waals surface area (Å²) in [6.07, 6.45) is 0.921. The first kappa shape index (κ1) is 97.3. The molecule has 0 saturated heterocycles. The van der Waals surface area contributed by atoms with Crippen molar-refractivity contribution in [2.45, 2.75) is 48.8 Å². The number of furan rings is 11. The van der Waals surface area contributed by atoms with Gasteiger partial charge in [0.25, 0.3) is 0 Å². The summed E-state index contributed by atoms with van der Waals surface area (Å²) in [6, 6.07) is 62.0. The fourth-order valence-corrected chi connectivity index (χ4v) is 14.7. The molecule has 4 aromatic carbocycles. The normalized spacial score (nSPS) is 10.6. The van der Waals surface area contributed by atoms with Gasteiger partial charge in [-0.1, -0.05) is 19.0 Å². The zero-order chi connectivity index (χ0) is 95.3. The Morgan fingerprint density at radius 3 is 1.22 bits per heavy atom. The Balaban J connectivity index is 0.000000161. The van der Waals surface area contributed by atoms with E-state index in [0.717, 1.165) is 37.1 Å². The molecule has 0 atom stereocenters. The number of nitriles is 2. The number of aromatic nitrogens is 6. The largest absolute Gasteiger partial charge is 0.477 e. The molecule has 0 amide bonds. The Bertz CT molecular complexity index is 7280. The van der Waals surface area contributed by atoms with Crippen molar-refractivity contribution in [2.75, 3.05) is 24.7 Å². The number of rotatable bonds is 19. The number of amidine groups is 4. The van der Waals surface area contributed by atoms with Gasteiger partial charge in [0.05, 0.1) is 87.5 Å². The summed E-state index contributed by atoms with van der Waals surface area (Å²) in [6.45, 7) is 29.3. The molecule has 0 bridgehead atoms. The van der Waals surface area contributed by atoms with Crippen molar-refractivity contribution in [1.82, 2.24) is 29.9 Å². The summed E-state index contributed by atoms with van der Waals surface area (Å²) < 4.78 is 72.6. The molecule has 40 heteroatoms. The molecule has 14 heterocycles. The number of aldehydes is 2. The van der Waals surface area contributed by atoms with Gasteiger partial charge in [0.1, 0.15) is 5.84 Å². The van der Waals surface area contributed by atoms with Gasteiger partial charge in [-0.05, 0) is 226 Å². The van der Waals surface area contributed by atoms with Gasteiger partial charge in [0, 0.05) is 11.1 Å². The van der Waals surface area contributed by atoms with Crippen molar-refractivity contribution < 1.29 is 72.9 Å². The van der Waals surface area contributed by atoms with Gasteiger partial charge in [-0.2, -0.15) is 25.1 Å². The van der Waals surface area contributed by atoms with Crippen LogP contribution < -0.4 is 38.2 Å². The second kappa shape index (κ2) is 46.0. The standard InChI is InChI=1S/C17H14N6O3.C17H14N6O2.C17H8N4O2.C10H5NO3.C9H13O3.C7H7N3.C5H2BrNO.C5H3BrO2.C2H6.3CH3.Sn/c18-15(19)13-5-3-11(25-13)12-4-6-14(26-12)17-21-9-2-1-8(16(20)23-24)7-10(9)22-17;18-15(19)8-1-2-9-10(7-8)23-17(22-9)14-6-4-12(25-14)11-3-5-13(24-11)16(20)21;1-19-16-7-6-14(23-16)13-4-5-15(22-13)17-20-11-3-2-10(9-18)8-12(11)21-17;1-11-10-5-4-9(14-10)8-3-2-7(6-12)13-8;1-3-10-9(11-4-2)8-6-5-7-12-8;8-4-5-1-2-6(9)7(10)3-5;1-7-5-3-2-4(6)8-5;6-5-2-1-4(3-7)8-5;1-2;;;;/h1-7,24H,(H3,18,19)(H2,20,23)(H,21,22);1-7H,(H3,18,19)(H3,20,21)(H,22,23);2-8H,(H,20,21);2-6H;5-6,9H,3-4H2,1-2H3;1-3H,9-10H2;2-3H;1-3H;1-2H3;3*1H3;. The molecule has 0 saturated carbocycles. The van der Waals surface area contributed by atoms with Gasteiger partial charge >= 0.3 is 120 Å². The van der Waals surface area contributed by atoms with Crippen LogP contribution in [0.3, 0.4) is 0 Å². The van der Waals surface area contributed by atoms with Gasteiger partial charge in [0.2, 0.25) is 0 Å². The van der Waals surface area contributed by atoms with Crippen molar-refractivity contribution in [1.29, 1.82) is 26.8 Å². The molecule has 18 rings (SSSR count). The van der Waals surface area contributed by atoms with E-state index in [1.807, 2.05) is 39.8 Å². The monoisotopic (exact) mass is 2010 g/mol. The maximum Gasteiger partial charge on any atom is 0.346 e. The van der Waals surface area contributed by atoms with E-state index in [2.05, 4.69) is 108 Å². The van der Waals surface area contributed by atoms with E-state index in [1.54, 1.807) is 194 Å². The van der Waals surface area contributed by atoms with Crippen LogP contribution in [0.4, 0.5) is 29.0 Å². The number of hydrogen-bond donors (Lipinski definition) is 13. The smallest absolute Gasteiger partial charge is 0.346 e. The second-order valence-corrected chi connectivity index (χ2v) is 43.3. The number of ether oxygens (including phenoxy) is 2. The van der Waals surface area contributed by atoms with E-state index in [-0.39, 0.29) is 58.7 Å². The third kappa shape index (κ3) is 25.9. The number of nitrogens with one attached hydrogen (secondary N) is 6. The number of hydrogen-bond acceptors (Lipinski definition) is 27. The maximum absolute atomic E-state index is 10.3. The number of halogens is 2. The van der Waals surface area contributed by atoms with E-state index < -0.39 is 18.4 Å². The van der Waals surface area contributed by atoms with E-state index in [4.69, 9.17) is 144 Å². The summed E-state index contributed by atoms with van der Waals surface area (Å²) >= 11 is 4.01. The van der Waals surface area contributed by atoms with Gasteiger partial charge in [0.15, 0.2) is 143 Å². The van der Waals surface area contributed by atoms with Crippen LogP contribution in [0, 0.1) is 58.6 Å². The van der Waals surface area contributed by atoms with Crippen molar-refractivity contribution in [2.24, 2.45) is 28.1 Å². The predicted molar refractivity (Wildman–Crippen MR) is 503 cm³/mol. The Hall–Kier alpha value is -16.9. The van der Waals surface area contributed by atoms with Crippen molar-refractivity contribution >= 4 is 152 Å². The number of anilines is 2. The molecule has 132 heavy (non-hydrogen) atoms. The first-order valence-corrected chi connectivity index (χ1v) is 50.8. The number of fused-ring (bicyclic) bond motifs is 3. The minimum Gasteiger partial charge on any atom is -0.477 e. The summed E-state index contributed by atoms with van der Waals surface area (Å²) in [5.74, 6) is 9.49. The van der Waals surface area contributed by atoms with Gasteiger partial charge < -0.3 is 98.7 Å². The molecule has 0 fully saturated rings. The molecule has 0 radical (unpaired) electrons. The van der Waals surface area contributed by atoms with Crippen LogP contribution >= 0.6 is 31.9 Å². The summed E-state index contributed by atoms with van der Waals surface area (Å²) in [7, 11) is 0. The van der Waals surface area contributed by atoms with E-state index in [0.29, 0.717) is 167 Å². The first-order chi connectivity index (χ1) is 63.5. The number of carbonyl (C=O) groups is 2. The fourth-order valence-electron chi connectivity index (χ4n) is 11.2. The Morgan fingerprint density at radius 1 is 0.462 bits per heavy atom. The molecule has 19 N–H and O–H groups in total. The number of nitrogens with zero attached hydrogens (tertiary/aromatic N) is 9. The average Bonchev–Trinajstić information content (AvgIpc) is 1.57. The molecule has 668 valence electrons. The van der Waals surface area contributed by atoms with Crippen LogP contribution in [-0.4, -0.2) is 103 Å².